The third-order valence-corrected chi connectivity index (χ3v) is 3.24. The van der Waals surface area contributed by atoms with Crippen molar-refractivity contribution in [2.75, 3.05) is 17.7 Å². The highest BCUT2D eigenvalue weighted by atomic mass is 35.5. The van der Waals surface area contributed by atoms with Gasteiger partial charge in [0.15, 0.2) is 5.82 Å². The molecule has 1 aromatic heterocycles. The van der Waals surface area contributed by atoms with Crippen molar-refractivity contribution in [1.82, 2.24) is 4.98 Å². The van der Waals surface area contributed by atoms with Gasteiger partial charge in [-0.25, -0.2) is 4.98 Å². The fourth-order valence-corrected chi connectivity index (χ4v) is 2.16. The zero-order valence-electron chi connectivity index (χ0n) is 10.7. The number of anilines is 3. The highest BCUT2D eigenvalue weighted by Gasteiger charge is 2.08. The zero-order valence-corrected chi connectivity index (χ0v) is 12.3. The number of halogens is 2. The van der Waals surface area contributed by atoms with Crippen LogP contribution in [-0.2, 0) is 6.42 Å². The third-order valence-electron chi connectivity index (χ3n) is 2.67. The van der Waals surface area contributed by atoms with Crippen LogP contribution in [0.3, 0.4) is 0 Å². The van der Waals surface area contributed by atoms with Crippen LogP contribution < -0.4 is 10.6 Å². The van der Waals surface area contributed by atoms with Crippen LogP contribution in [0.25, 0.3) is 0 Å². The van der Waals surface area contributed by atoms with Gasteiger partial charge in [0, 0.05) is 12.7 Å². The molecule has 6 heteroatoms. The predicted molar refractivity (Wildman–Crippen MR) is 82.8 cm³/mol. The summed E-state index contributed by atoms with van der Waals surface area (Å²) >= 11 is 12.1. The van der Waals surface area contributed by atoms with Crippen LogP contribution in [0.2, 0.25) is 10.0 Å². The smallest absolute Gasteiger partial charge is 0.151 e. The SMILES string of the molecule is CNc1nc(Nc2ccc(CC#N)cc2)c(Cl)cc1Cl. The van der Waals surface area contributed by atoms with Gasteiger partial charge < -0.3 is 10.6 Å². The Kier molecular flexibility index (Phi) is 4.67. The van der Waals surface area contributed by atoms with Crippen LogP contribution in [-0.4, -0.2) is 12.0 Å². The number of benzene rings is 1. The lowest BCUT2D eigenvalue weighted by Crippen LogP contribution is -1.99. The average molecular weight is 307 g/mol. The molecule has 0 atom stereocenters. The zero-order chi connectivity index (χ0) is 14.5. The van der Waals surface area contributed by atoms with Gasteiger partial charge >= 0.3 is 0 Å². The van der Waals surface area contributed by atoms with E-state index >= 15 is 0 Å². The van der Waals surface area contributed by atoms with Crippen LogP contribution >= 0.6 is 23.2 Å². The van der Waals surface area contributed by atoms with Crippen LogP contribution in [0.15, 0.2) is 30.3 Å². The van der Waals surface area contributed by atoms with Crippen LogP contribution in [0, 0.1) is 11.3 Å². The van der Waals surface area contributed by atoms with E-state index in [1.807, 2.05) is 24.3 Å². The van der Waals surface area contributed by atoms with Crippen molar-refractivity contribution in [2.45, 2.75) is 6.42 Å². The first-order valence-corrected chi connectivity index (χ1v) is 6.66. The van der Waals surface area contributed by atoms with Gasteiger partial charge in [0.25, 0.3) is 0 Å². The van der Waals surface area contributed by atoms with E-state index in [9.17, 15) is 0 Å². The van der Waals surface area contributed by atoms with Crippen molar-refractivity contribution in [1.29, 1.82) is 5.26 Å². The topological polar surface area (TPSA) is 60.7 Å². The fraction of sp³-hybridized carbons (Fsp3) is 0.143. The van der Waals surface area contributed by atoms with Crippen molar-refractivity contribution in [3.63, 3.8) is 0 Å². The minimum atomic E-state index is 0.393. The Morgan fingerprint density at radius 1 is 1.15 bits per heavy atom. The summed E-state index contributed by atoms with van der Waals surface area (Å²) in [5, 5.41) is 15.6. The minimum absolute atomic E-state index is 0.393. The molecule has 0 saturated heterocycles. The molecule has 4 nitrogen and oxygen atoms in total. The van der Waals surface area contributed by atoms with E-state index in [1.54, 1.807) is 13.1 Å². The Hall–Kier alpha value is -1.96. The molecule has 0 saturated carbocycles. The van der Waals surface area contributed by atoms with Gasteiger partial charge in [-0.1, -0.05) is 35.3 Å². The maximum Gasteiger partial charge on any atom is 0.151 e. The van der Waals surface area contributed by atoms with Crippen LogP contribution in [0.4, 0.5) is 17.3 Å². The summed E-state index contributed by atoms with van der Waals surface area (Å²) in [5.41, 5.74) is 1.80. The summed E-state index contributed by atoms with van der Waals surface area (Å²) < 4.78 is 0. The van der Waals surface area contributed by atoms with Gasteiger partial charge in [-0.05, 0) is 23.8 Å². The lowest BCUT2D eigenvalue weighted by Gasteiger charge is -2.11. The molecule has 2 rings (SSSR count). The largest absolute Gasteiger partial charge is 0.372 e. The van der Waals surface area contributed by atoms with E-state index in [4.69, 9.17) is 28.5 Å². The highest BCUT2D eigenvalue weighted by molar-refractivity contribution is 6.37. The van der Waals surface area contributed by atoms with Gasteiger partial charge in [0.2, 0.25) is 0 Å². The molecule has 0 unspecified atom stereocenters. The molecule has 2 aromatic rings. The molecule has 0 spiro atoms. The molecule has 1 aromatic carbocycles. The van der Waals surface area contributed by atoms with Gasteiger partial charge in [-0.2, -0.15) is 5.26 Å². The van der Waals surface area contributed by atoms with E-state index in [0.29, 0.717) is 28.1 Å². The second kappa shape index (κ2) is 6.47. The molecule has 20 heavy (non-hydrogen) atoms. The number of pyridine rings is 1. The lowest BCUT2D eigenvalue weighted by atomic mass is 10.1. The average Bonchev–Trinajstić information content (AvgIpc) is 2.44. The Labute approximate surface area is 127 Å². The summed E-state index contributed by atoms with van der Waals surface area (Å²) in [6.07, 6.45) is 0.393. The highest BCUT2D eigenvalue weighted by Crippen LogP contribution is 2.30. The number of nitrogens with zero attached hydrogens (tertiary/aromatic N) is 2. The van der Waals surface area contributed by atoms with Crippen molar-refractivity contribution in [3.05, 3.63) is 45.9 Å². The molecule has 1 heterocycles. The van der Waals surface area contributed by atoms with Crippen molar-refractivity contribution in [2.24, 2.45) is 0 Å². The number of hydrogen-bond acceptors (Lipinski definition) is 4. The van der Waals surface area contributed by atoms with E-state index < -0.39 is 0 Å². The molecule has 0 aliphatic heterocycles. The number of nitriles is 1. The number of rotatable bonds is 4. The van der Waals surface area contributed by atoms with Crippen molar-refractivity contribution in [3.8, 4) is 6.07 Å². The van der Waals surface area contributed by atoms with Crippen LogP contribution in [0.5, 0.6) is 0 Å². The molecular weight excluding hydrogens is 295 g/mol. The molecule has 0 aliphatic rings. The molecule has 0 bridgehead atoms. The van der Waals surface area contributed by atoms with Gasteiger partial charge in [0.1, 0.15) is 5.82 Å². The molecule has 0 radical (unpaired) electrons. The fourth-order valence-electron chi connectivity index (χ4n) is 1.66. The molecule has 0 aliphatic carbocycles. The van der Waals surface area contributed by atoms with E-state index in [0.717, 1.165) is 11.3 Å². The Morgan fingerprint density at radius 2 is 1.80 bits per heavy atom. The number of hydrogen-bond donors (Lipinski definition) is 2. The Morgan fingerprint density at radius 3 is 2.40 bits per heavy atom. The summed E-state index contributed by atoms with van der Waals surface area (Å²) in [5.74, 6) is 1.08. The van der Waals surface area contributed by atoms with Gasteiger partial charge in [-0.3, -0.25) is 0 Å². The van der Waals surface area contributed by atoms with Crippen LogP contribution in [0.1, 0.15) is 5.56 Å². The summed E-state index contributed by atoms with van der Waals surface area (Å²) in [4.78, 5) is 4.31. The quantitative estimate of drug-likeness (QED) is 0.887. The second-order valence-electron chi connectivity index (χ2n) is 4.06. The third kappa shape index (κ3) is 3.32. The number of nitrogens with one attached hydrogen (secondary N) is 2. The van der Waals surface area contributed by atoms with Gasteiger partial charge in [-0.15, -0.1) is 0 Å². The first-order chi connectivity index (χ1) is 9.63. The number of aromatic nitrogens is 1. The normalized spacial score (nSPS) is 9.90. The summed E-state index contributed by atoms with van der Waals surface area (Å²) in [6.45, 7) is 0. The maximum atomic E-state index is 8.63. The Balaban J connectivity index is 2.23. The predicted octanol–water partition coefficient (Wildman–Crippen LogP) is 4.24. The summed E-state index contributed by atoms with van der Waals surface area (Å²) in [6, 6.07) is 11.3. The first kappa shape index (κ1) is 14.4. The van der Waals surface area contributed by atoms with Crippen molar-refractivity contribution >= 4 is 40.5 Å². The van der Waals surface area contributed by atoms with E-state index in [2.05, 4.69) is 21.7 Å². The molecule has 0 amide bonds. The van der Waals surface area contributed by atoms with Gasteiger partial charge in [0.05, 0.1) is 22.5 Å². The first-order valence-electron chi connectivity index (χ1n) is 5.90. The van der Waals surface area contributed by atoms with Crippen molar-refractivity contribution < 1.29 is 0 Å². The monoisotopic (exact) mass is 306 g/mol. The maximum absolute atomic E-state index is 8.63. The molecular formula is C14H12Cl2N4. The second-order valence-corrected chi connectivity index (χ2v) is 4.87. The lowest BCUT2D eigenvalue weighted by molar-refractivity contribution is 1.25. The Bertz CT molecular complexity index is 647. The van der Waals surface area contributed by atoms with E-state index in [1.165, 1.54) is 0 Å². The molecule has 0 fully saturated rings. The molecule has 102 valence electrons. The standard InChI is InChI=1S/C14H12Cl2N4/c1-18-13-11(15)8-12(16)14(20-13)19-10-4-2-9(3-5-10)6-7-17/h2-5,8H,6H2,1H3,(H2,18,19,20). The molecule has 2 N–H and O–H groups in total. The minimum Gasteiger partial charge on any atom is -0.372 e. The van der Waals surface area contributed by atoms with E-state index in [-0.39, 0.29) is 0 Å². The summed E-state index contributed by atoms with van der Waals surface area (Å²) in [7, 11) is 1.74.